The van der Waals surface area contributed by atoms with E-state index in [1.54, 1.807) is 7.11 Å². The van der Waals surface area contributed by atoms with Gasteiger partial charge in [-0.1, -0.05) is 24.3 Å². The summed E-state index contributed by atoms with van der Waals surface area (Å²) in [5, 5.41) is 0. The molecule has 3 aliphatic heterocycles. The van der Waals surface area contributed by atoms with Crippen molar-refractivity contribution in [1.29, 1.82) is 0 Å². The molecule has 2 amide bonds. The highest BCUT2D eigenvalue weighted by Gasteiger charge is 2.44. The van der Waals surface area contributed by atoms with E-state index in [0.717, 1.165) is 25.9 Å². The number of amides is 2. The maximum absolute atomic E-state index is 13.0. The lowest BCUT2D eigenvalue weighted by molar-refractivity contribution is 0.0991. The van der Waals surface area contributed by atoms with E-state index < -0.39 is 0 Å². The highest BCUT2D eigenvalue weighted by molar-refractivity contribution is 5.76. The lowest BCUT2D eigenvalue weighted by atomic mass is 9.85. The van der Waals surface area contributed by atoms with Crippen LogP contribution in [0, 0.1) is 0 Å². The molecule has 0 aliphatic carbocycles. The zero-order chi connectivity index (χ0) is 17.2. The minimum atomic E-state index is 0.320. The zero-order valence-electron chi connectivity index (χ0n) is 15.3. The van der Waals surface area contributed by atoms with Gasteiger partial charge >= 0.3 is 6.03 Å². The van der Waals surface area contributed by atoms with Gasteiger partial charge in [-0.2, -0.15) is 0 Å². The van der Waals surface area contributed by atoms with Crippen LogP contribution in [0.4, 0.5) is 4.79 Å². The largest absolute Gasteiger partial charge is 0.380 e. The fraction of sp³-hybridized carbons (Fsp3) is 0.667. The summed E-state index contributed by atoms with van der Waals surface area (Å²) in [6.45, 7) is 2.59. The summed E-state index contributed by atoms with van der Waals surface area (Å²) >= 11 is 0. The molecule has 4 nitrogen and oxygen atoms in total. The van der Waals surface area contributed by atoms with Crippen molar-refractivity contribution in [3.05, 3.63) is 35.4 Å². The van der Waals surface area contributed by atoms with Gasteiger partial charge in [-0.05, 0) is 62.0 Å². The van der Waals surface area contributed by atoms with Crippen LogP contribution in [0.3, 0.4) is 0 Å². The molecule has 0 spiro atoms. The summed E-state index contributed by atoms with van der Waals surface area (Å²) in [6, 6.07) is 10.1. The lowest BCUT2D eigenvalue weighted by Gasteiger charge is -2.42. The second kappa shape index (κ2) is 7.36. The monoisotopic (exact) mass is 342 g/mol. The first-order valence-corrected chi connectivity index (χ1v) is 9.91. The number of carbonyl (C=O) groups is 1. The SMILES string of the molecule is COCc1ccc(C2C[C@H]3CC[C@@H](C2)N3C(=O)N2CCCCC2)cc1. The molecule has 4 rings (SSSR count). The summed E-state index contributed by atoms with van der Waals surface area (Å²) in [5.41, 5.74) is 2.66. The number of likely N-dealkylation sites (tertiary alicyclic amines) is 1. The van der Waals surface area contributed by atoms with E-state index in [1.807, 2.05) is 0 Å². The fourth-order valence-electron chi connectivity index (χ4n) is 5.06. The van der Waals surface area contributed by atoms with Gasteiger partial charge in [0.2, 0.25) is 0 Å². The molecule has 136 valence electrons. The molecule has 3 aliphatic rings. The molecule has 0 aromatic heterocycles. The van der Waals surface area contributed by atoms with Gasteiger partial charge in [-0.15, -0.1) is 0 Å². The maximum atomic E-state index is 13.0. The van der Waals surface area contributed by atoms with Gasteiger partial charge in [-0.25, -0.2) is 4.79 Å². The van der Waals surface area contributed by atoms with Crippen LogP contribution in [0.15, 0.2) is 24.3 Å². The molecule has 25 heavy (non-hydrogen) atoms. The van der Waals surface area contributed by atoms with Crippen molar-refractivity contribution in [3.8, 4) is 0 Å². The van der Waals surface area contributed by atoms with Gasteiger partial charge in [0.05, 0.1) is 6.61 Å². The lowest BCUT2D eigenvalue weighted by Crippen LogP contribution is -2.53. The summed E-state index contributed by atoms with van der Waals surface area (Å²) in [4.78, 5) is 17.4. The Morgan fingerprint density at radius 1 is 1.04 bits per heavy atom. The highest BCUT2D eigenvalue weighted by atomic mass is 16.5. The van der Waals surface area contributed by atoms with Crippen LogP contribution in [0.2, 0.25) is 0 Å². The number of nitrogens with zero attached hydrogens (tertiary/aromatic N) is 2. The molecule has 2 bridgehead atoms. The Kier molecular flexibility index (Phi) is 4.98. The third-order valence-electron chi connectivity index (χ3n) is 6.34. The third-order valence-corrected chi connectivity index (χ3v) is 6.34. The molecule has 0 N–H and O–H groups in total. The molecule has 3 atom stereocenters. The number of fused-ring (bicyclic) bond motifs is 2. The van der Waals surface area contributed by atoms with Crippen LogP contribution in [-0.4, -0.2) is 48.1 Å². The smallest absolute Gasteiger partial charge is 0.320 e. The molecule has 0 radical (unpaired) electrons. The predicted octanol–water partition coefficient (Wildman–Crippen LogP) is 4.15. The van der Waals surface area contributed by atoms with Crippen LogP contribution in [0.1, 0.15) is 62.0 Å². The van der Waals surface area contributed by atoms with Crippen molar-refractivity contribution in [1.82, 2.24) is 9.80 Å². The average molecular weight is 342 g/mol. The van der Waals surface area contributed by atoms with E-state index >= 15 is 0 Å². The van der Waals surface area contributed by atoms with E-state index in [9.17, 15) is 4.79 Å². The standard InChI is InChI=1S/C21H30N2O2/c1-25-15-16-5-7-17(8-6-16)18-13-19-9-10-20(14-18)23(19)21(24)22-11-3-2-4-12-22/h5-8,18-20H,2-4,9-15H2,1H3/t18?,19-,20+. The Bertz CT molecular complexity index is 580. The topological polar surface area (TPSA) is 32.8 Å². The number of urea groups is 1. The van der Waals surface area contributed by atoms with Crippen molar-refractivity contribution in [3.63, 3.8) is 0 Å². The number of carbonyl (C=O) groups excluding carboxylic acids is 1. The first kappa shape index (κ1) is 16.9. The first-order valence-electron chi connectivity index (χ1n) is 9.91. The van der Waals surface area contributed by atoms with Crippen LogP contribution in [-0.2, 0) is 11.3 Å². The number of hydrogen-bond donors (Lipinski definition) is 0. The number of rotatable bonds is 3. The summed E-state index contributed by atoms with van der Waals surface area (Å²) in [6.07, 6.45) is 8.24. The van der Waals surface area contributed by atoms with Gasteiger partial charge in [0.25, 0.3) is 0 Å². The number of ether oxygens (including phenoxy) is 1. The summed E-state index contributed by atoms with van der Waals surface area (Å²) < 4.78 is 5.21. The van der Waals surface area contributed by atoms with E-state index in [0.29, 0.717) is 30.6 Å². The fourth-order valence-corrected chi connectivity index (χ4v) is 5.06. The maximum Gasteiger partial charge on any atom is 0.320 e. The Morgan fingerprint density at radius 3 is 2.28 bits per heavy atom. The first-order chi connectivity index (χ1) is 12.3. The Hall–Kier alpha value is -1.55. The number of hydrogen-bond acceptors (Lipinski definition) is 2. The molecular formula is C21H30N2O2. The molecular weight excluding hydrogens is 312 g/mol. The van der Waals surface area contributed by atoms with Crippen molar-refractivity contribution >= 4 is 6.03 Å². The van der Waals surface area contributed by atoms with Gasteiger partial charge in [0, 0.05) is 32.3 Å². The molecule has 1 aromatic carbocycles. The van der Waals surface area contributed by atoms with Gasteiger partial charge in [0.1, 0.15) is 0 Å². The Labute approximate surface area is 151 Å². The normalized spacial score (nSPS) is 29.1. The summed E-state index contributed by atoms with van der Waals surface area (Å²) in [5.74, 6) is 0.597. The number of piperidine rings is 2. The van der Waals surface area contributed by atoms with Gasteiger partial charge in [-0.3, -0.25) is 0 Å². The second-order valence-corrected chi connectivity index (χ2v) is 7.97. The van der Waals surface area contributed by atoms with E-state index in [2.05, 4.69) is 34.1 Å². The van der Waals surface area contributed by atoms with Crippen LogP contribution >= 0.6 is 0 Å². The summed E-state index contributed by atoms with van der Waals surface area (Å²) in [7, 11) is 1.74. The average Bonchev–Trinajstić information content (AvgIpc) is 2.92. The van der Waals surface area contributed by atoms with Crippen LogP contribution < -0.4 is 0 Å². The van der Waals surface area contributed by atoms with Crippen molar-refractivity contribution in [2.75, 3.05) is 20.2 Å². The number of methoxy groups -OCH3 is 1. The zero-order valence-corrected chi connectivity index (χ0v) is 15.3. The predicted molar refractivity (Wildman–Crippen MR) is 98.6 cm³/mol. The highest BCUT2D eigenvalue weighted by Crippen LogP contribution is 2.43. The van der Waals surface area contributed by atoms with Gasteiger partial charge in [0.15, 0.2) is 0 Å². The molecule has 3 heterocycles. The van der Waals surface area contributed by atoms with E-state index in [-0.39, 0.29) is 0 Å². The molecule has 1 unspecified atom stereocenters. The molecule has 3 saturated heterocycles. The van der Waals surface area contributed by atoms with Gasteiger partial charge < -0.3 is 14.5 Å². The van der Waals surface area contributed by atoms with E-state index in [4.69, 9.17) is 4.74 Å². The van der Waals surface area contributed by atoms with E-state index in [1.165, 1.54) is 43.2 Å². The van der Waals surface area contributed by atoms with Crippen LogP contribution in [0.5, 0.6) is 0 Å². The minimum Gasteiger partial charge on any atom is -0.380 e. The Morgan fingerprint density at radius 2 is 1.68 bits per heavy atom. The molecule has 3 fully saturated rings. The minimum absolute atomic E-state index is 0.320. The second-order valence-electron chi connectivity index (χ2n) is 7.97. The number of benzene rings is 1. The van der Waals surface area contributed by atoms with Crippen LogP contribution in [0.25, 0.3) is 0 Å². The van der Waals surface area contributed by atoms with Crippen molar-refractivity contribution in [2.45, 2.75) is 69.6 Å². The Balaban J connectivity index is 1.43. The third kappa shape index (κ3) is 3.41. The quantitative estimate of drug-likeness (QED) is 0.827. The van der Waals surface area contributed by atoms with Crippen molar-refractivity contribution < 1.29 is 9.53 Å². The molecule has 0 saturated carbocycles. The van der Waals surface area contributed by atoms with Crippen molar-refractivity contribution in [2.24, 2.45) is 0 Å². The molecule has 1 aromatic rings. The molecule has 4 heteroatoms.